The molecule has 6 atom stereocenters. The van der Waals surface area contributed by atoms with Crippen molar-refractivity contribution in [3.8, 4) is 0 Å². The number of H-pyrrole nitrogens is 1. The molecule has 0 radical (unpaired) electrons. The van der Waals surface area contributed by atoms with Crippen molar-refractivity contribution in [3.05, 3.63) is 71.9 Å². The summed E-state index contributed by atoms with van der Waals surface area (Å²) < 4.78 is 0. The van der Waals surface area contributed by atoms with Crippen LogP contribution in [0.3, 0.4) is 0 Å². The highest BCUT2D eigenvalue weighted by atomic mass is 16.2. The van der Waals surface area contributed by atoms with Gasteiger partial charge in [0.1, 0.15) is 36.3 Å². The Morgan fingerprint density at radius 1 is 0.730 bits per heavy atom. The first-order chi connectivity index (χ1) is 35.1. The fourth-order valence-corrected chi connectivity index (χ4v) is 6.92. The molecule has 2 aromatic carbocycles. The number of amides is 9. The van der Waals surface area contributed by atoms with Crippen molar-refractivity contribution in [2.75, 3.05) is 32.7 Å². The maximum atomic E-state index is 13.9. The van der Waals surface area contributed by atoms with E-state index in [1.54, 1.807) is 30.3 Å². The van der Waals surface area contributed by atoms with Crippen LogP contribution in [0.1, 0.15) is 76.8 Å². The van der Waals surface area contributed by atoms with E-state index in [4.69, 9.17) is 34.4 Å². The van der Waals surface area contributed by atoms with Gasteiger partial charge in [0.2, 0.25) is 53.2 Å². The molecule has 1 aliphatic rings. The van der Waals surface area contributed by atoms with Crippen LogP contribution in [0, 0.1) is 6.92 Å². The minimum Gasteiger partial charge on any atom is -0.370 e. The van der Waals surface area contributed by atoms with E-state index < -0.39 is 109 Å². The molecule has 0 saturated carbocycles. The molecule has 9 amide bonds. The number of aryl methyl sites for hydroxylation is 1. The number of guanidine groups is 2. The lowest BCUT2D eigenvalue weighted by Gasteiger charge is -2.27. The van der Waals surface area contributed by atoms with Crippen LogP contribution in [0.2, 0.25) is 0 Å². The number of para-hydroxylation sites is 1. The molecule has 3 aromatic rings. The standard InChI is InChI=1S/C35H55N13O9.C9H9N.C4H11N3/c1-19-30(53)45-22(29(37)52)11-6-7-13-40-27(50)16-25(44-28(51)18-42-20(2)49)33(56)48-26(17-36)34(57)47-24(15-21-9-4-3-5-10-21)32(55)46-23(31(54)43-19)12-8-14-41-35(38)39;1-7-6-10-9-5-3-2-4-8(7)9;1-2-3-7-4(5)6/h3-5,9-10,19,22-26H,6-8,11-18,36H2,1-2H3,(H2,37,52)(H,40,50)(H,42,49)(H,43,54)(H,44,51)(H,45,53)(H,46,55)(H,47,57)(H,48,56)(H4,38,39,41);2-6,10H,1H3;2-3H2,1H3,(H4,5,6,7)/t19-,22?,23-,24?,25?,26-;;/m0../s1. The molecule has 1 fully saturated rings. The molecule has 4 rings (SSSR count). The average molecular weight is 1030 g/mol. The van der Waals surface area contributed by atoms with E-state index in [2.05, 4.69) is 82.6 Å². The zero-order valence-corrected chi connectivity index (χ0v) is 42.5. The number of nitrogens with zero attached hydrogens (tertiary/aromatic N) is 2. The van der Waals surface area contributed by atoms with Gasteiger partial charge in [-0.15, -0.1) is 0 Å². The van der Waals surface area contributed by atoms with Crippen molar-refractivity contribution in [3.63, 3.8) is 0 Å². The third kappa shape index (κ3) is 24.2. The van der Waals surface area contributed by atoms with Crippen molar-refractivity contribution in [2.24, 2.45) is 44.4 Å². The largest absolute Gasteiger partial charge is 0.370 e. The van der Waals surface area contributed by atoms with Gasteiger partial charge >= 0.3 is 0 Å². The minimum atomic E-state index is -1.53. The van der Waals surface area contributed by atoms with Crippen molar-refractivity contribution >= 4 is 76.0 Å². The number of rotatable bonds is 13. The number of hydrogen-bond donors (Lipinski definition) is 15. The number of hydrogen-bond acceptors (Lipinski definition) is 12. The first-order valence-electron chi connectivity index (χ1n) is 24.1. The Balaban J connectivity index is 0.000000918. The second-order valence-corrected chi connectivity index (χ2v) is 17.2. The number of aromatic amines is 1. The van der Waals surface area contributed by atoms with Gasteiger partial charge in [0, 0.05) is 56.6 Å². The molecule has 1 aliphatic heterocycles. The molecular weight excluding hydrogens is 959 g/mol. The van der Waals surface area contributed by atoms with Crippen molar-refractivity contribution < 1.29 is 43.2 Å². The van der Waals surface area contributed by atoms with E-state index in [0.717, 1.165) is 13.0 Å². The van der Waals surface area contributed by atoms with Crippen molar-refractivity contribution in [2.45, 2.75) is 115 Å². The minimum absolute atomic E-state index is 0.0120. The molecule has 0 spiro atoms. The number of aromatic nitrogens is 1. The summed E-state index contributed by atoms with van der Waals surface area (Å²) in [4.78, 5) is 128. The number of nitrogens with one attached hydrogen (secondary N) is 9. The third-order valence-corrected chi connectivity index (χ3v) is 10.9. The van der Waals surface area contributed by atoms with Crippen molar-refractivity contribution in [1.29, 1.82) is 0 Å². The Labute approximate surface area is 429 Å². The molecule has 1 aromatic heterocycles. The second kappa shape index (κ2) is 33.4. The predicted molar refractivity (Wildman–Crippen MR) is 280 cm³/mol. The summed E-state index contributed by atoms with van der Waals surface area (Å²) in [6.45, 7) is 6.60. The molecule has 3 unspecified atom stereocenters. The van der Waals surface area contributed by atoms with Crippen LogP contribution in [0.15, 0.2) is 70.8 Å². The molecule has 0 aliphatic carbocycles. The van der Waals surface area contributed by atoms with Crippen LogP contribution in [0.4, 0.5) is 0 Å². The fourth-order valence-electron chi connectivity index (χ4n) is 6.92. The Hall–Kier alpha value is -8.29. The molecule has 0 bridgehead atoms. The zero-order chi connectivity index (χ0) is 55.2. The third-order valence-electron chi connectivity index (χ3n) is 10.9. The number of benzene rings is 2. The number of primary amides is 1. The van der Waals surface area contributed by atoms with Crippen LogP contribution >= 0.6 is 0 Å². The molecule has 21 N–H and O–H groups in total. The Morgan fingerprint density at radius 2 is 1.34 bits per heavy atom. The van der Waals surface area contributed by atoms with Gasteiger partial charge in [0.15, 0.2) is 11.9 Å². The smallest absolute Gasteiger partial charge is 0.244 e. The molecular formula is C48H75N17O9. The maximum absolute atomic E-state index is 13.9. The summed E-state index contributed by atoms with van der Waals surface area (Å²) in [7, 11) is 0. The highest BCUT2D eigenvalue weighted by Gasteiger charge is 2.33. The molecule has 74 heavy (non-hydrogen) atoms. The van der Waals surface area contributed by atoms with Gasteiger partial charge in [-0.05, 0) is 69.6 Å². The topological polar surface area (TPSA) is 446 Å². The number of carbonyl (C=O) groups is 9. The lowest BCUT2D eigenvalue weighted by atomic mass is 10.0. The highest BCUT2D eigenvalue weighted by molar-refractivity contribution is 5.98. The number of carbonyl (C=O) groups excluding carboxylic acids is 9. The summed E-state index contributed by atoms with van der Waals surface area (Å²) in [5, 5.41) is 21.2. The average Bonchev–Trinajstić information content (AvgIpc) is 3.74. The van der Waals surface area contributed by atoms with Gasteiger partial charge in [-0.3, -0.25) is 53.1 Å². The van der Waals surface area contributed by atoms with Gasteiger partial charge < -0.3 is 81.9 Å². The van der Waals surface area contributed by atoms with Crippen LogP contribution in [0.5, 0.6) is 0 Å². The van der Waals surface area contributed by atoms with Gasteiger partial charge in [-0.25, -0.2) is 0 Å². The van der Waals surface area contributed by atoms with E-state index in [0.29, 0.717) is 18.4 Å². The lowest BCUT2D eigenvalue weighted by Crippen LogP contribution is -2.61. The maximum Gasteiger partial charge on any atom is 0.244 e. The van der Waals surface area contributed by atoms with E-state index in [9.17, 15) is 43.2 Å². The quantitative estimate of drug-likeness (QED) is 0.0452. The molecule has 26 heteroatoms. The first kappa shape index (κ1) is 61.8. The van der Waals surface area contributed by atoms with Crippen molar-refractivity contribution in [1.82, 2.24) is 47.5 Å². The zero-order valence-electron chi connectivity index (χ0n) is 42.5. The van der Waals surface area contributed by atoms with Crippen LogP contribution < -0.4 is 76.9 Å². The van der Waals surface area contributed by atoms with E-state index in [1.807, 2.05) is 19.2 Å². The summed E-state index contributed by atoms with van der Waals surface area (Å²) >= 11 is 0. The second-order valence-electron chi connectivity index (χ2n) is 17.2. The van der Waals surface area contributed by atoms with E-state index in [-0.39, 0.29) is 50.7 Å². The van der Waals surface area contributed by atoms with E-state index in [1.165, 1.54) is 30.3 Å². The fraction of sp³-hybridized carbons (Fsp3) is 0.479. The number of aliphatic imine (C=N–C) groups is 2. The van der Waals surface area contributed by atoms with Crippen LogP contribution in [0.25, 0.3) is 10.9 Å². The van der Waals surface area contributed by atoms with Crippen LogP contribution in [-0.2, 0) is 49.6 Å². The number of nitrogens with two attached hydrogens (primary N) is 6. The first-order valence-corrected chi connectivity index (χ1v) is 24.1. The Morgan fingerprint density at radius 3 is 1.95 bits per heavy atom. The Bertz CT molecular complexity index is 2390. The summed E-state index contributed by atoms with van der Waals surface area (Å²) in [5.41, 5.74) is 35.4. The van der Waals surface area contributed by atoms with Gasteiger partial charge in [0.05, 0.1) is 13.0 Å². The molecule has 2 heterocycles. The molecule has 1 saturated heterocycles. The predicted octanol–water partition coefficient (Wildman–Crippen LogP) is -3.37. The summed E-state index contributed by atoms with van der Waals surface area (Å²) in [6.07, 6.45) is 3.25. The van der Waals surface area contributed by atoms with E-state index >= 15 is 0 Å². The monoisotopic (exact) mass is 1030 g/mol. The van der Waals surface area contributed by atoms with Crippen LogP contribution in [-0.4, -0.2) is 139 Å². The SMILES string of the molecule is CC(=O)NCC(=O)NC1CC(=O)NCCCCC(C(N)=O)NC(=O)[C@H](C)NC(=O)[C@H](CCCN=C(N)N)NC(=O)C(Cc2ccccc2)NC(=O)[C@H](CN)NC1=O.CCCN=C(N)N.Cc1c[nH]c2ccccc12. The summed E-state index contributed by atoms with van der Waals surface area (Å²) in [6, 6.07) is 8.91. The molecule has 406 valence electrons. The number of fused-ring (bicyclic) bond motifs is 1. The lowest BCUT2D eigenvalue weighted by molar-refractivity contribution is -0.135. The van der Waals surface area contributed by atoms with Gasteiger partial charge in [-0.2, -0.15) is 0 Å². The summed E-state index contributed by atoms with van der Waals surface area (Å²) in [5.74, 6) is -7.06. The molecule has 26 nitrogen and oxygen atoms in total. The normalized spacial score (nSPS) is 20.3. The Kier molecular flexibility index (Phi) is 27.9. The highest BCUT2D eigenvalue weighted by Crippen LogP contribution is 2.15. The van der Waals surface area contributed by atoms with Gasteiger partial charge in [-0.1, -0.05) is 55.5 Å². The van der Waals surface area contributed by atoms with Gasteiger partial charge in [0.25, 0.3) is 0 Å².